The summed E-state index contributed by atoms with van der Waals surface area (Å²) in [4.78, 5) is 4.32. The number of nitrogens with one attached hydrogen (secondary N) is 1. The highest BCUT2D eigenvalue weighted by atomic mass is 14.9. The van der Waals surface area contributed by atoms with Gasteiger partial charge in [0.25, 0.3) is 0 Å². The number of nitrogens with zero attached hydrogens (tertiary/aromatic N) is 2. The van der Waals surface area contributed by atoms with Crippen molar-refractivity contribution in [3.05, 3.63) is 60.3 Å². The van der Waals surface area contributed by atoms with Gasteiger partial charge in [0.05, 0.1) is 28.5 Å². The van der Waals surface area contributed by atoms with Crippen LogP contribution in [0, 0.1) is 11.3 Å². The van der Waals surface area contributed by atoms with Crippen LogP contribution in [0.25, 0.3) is 10.9 Å². The van der Waals surface area contributed by atoms with Crippen molar-refractivity contribution in [2.24, 2.45) is 0 Å². The second-order valence-electron chi connectivity index (χ2n) is 4.41. The Bertz CT molecular complexity index is 813. The van der Waals surface area contributed by atoms with Gasteiger partial charge in [0.15, 0.2) is 0 Å². The molecule has 0 aliphatic carbocycles. The highest BCUT2D eigenvalue weighted by molar-refractivity contribution is 5.94. The number of aromatic nitrogens is 1. The first kappa shape index (κ1) is 12.0. The molecule has 3 aromatic rings. The van der Waals surface area contributed by atoms with Crippen LogP contribution >= 0.6 is 0 Å². The number of hydrogen-bond donors (Lipinski definition) is 2. The van der Waals surface area contributed by atoms with Crippen LogP contribution in [0.2, 0.25) is 0 Å². The Balaban J connectivity index is 2.08. The first-order chi connectivity index (χ1) is 9.78. The van der Waals surface area contributed by atoms with Crippen molar-refractivity contribution in [2.45, 2.75) is 0 Å². The SMILES string of the molecule is N#Cc1ccc(N)c(Nc2cccc3ncccc23)c1. The fourth-order valence-electron chi connectivity index (χ4n) is 2.09. The molecule has 0 spiro atoms. The van der Waals surface area contributed by atoms with Gasteiger partial charge >= 0.3 is 0 Å². The molecule has 0 fully saturated rings. The summed E-state index contributed by atoms with van der Waals surface area (Å²) in [5.74, 6) is 0. The van der Waals surface area contributed by atoms with Crippen LogP contribution in [0.4, 0.5) is 17.1 Å². The Kier molecular flexibility index (Phi) is 2.94. The Labute approximate surface area is 116 Å². The van der Waals surface area contributed by atoms with Gasteiger partial charge in [0, 0.05) is 17.3 Å². The summed E-state index contributed by atoms with van der Waals surface area (Å²) < 4.78 is 0. The number of nitrogens with two attached hydrogens (primary N) is 1. The van der Waals surface area contributed by atoms with Crippen LogP contribution < -0.4 is 11.1 Å². The minimum absolute atomic E-state index is 0.570. The third-order valence-electron chi connectivity index (χ3n) is 3.10. The van der Waals surface area contributed by atoms with E-state index in [1.54, 1.807) is 24.4 Å². The minimum atomic E-state index is 0.570. The van der Waals surface area contributed by atoms with Crippen LogP contribution in [0.5, 0.6) is 0 Å². The molecule has 0 amide bonds. The molecule has 3 rings (SSSR count). The van der Waals surface area contributed by atoms with Crippen molar-refractivity contribution < 1.29 is 0 Å². The molecule has 20 heavy (non-hydrogen) atoms. The van der Waals surface area contributed by atoms with Crippen molar-refractivity contribution in [1.29, 1.82) is 5.26 Å². The molecule has 2 aromatic carbocycles. The van der Waals surface area contributed by atoms with Crippen LogP contribution in [-0.2, 0) is 0 Å². The number of nitriles is 1. The van der Waals surface area contributed by atoms with E-state index in [9.17, 15) is 0 Å². The molecular formula is C16H12N4. The van der Waals surface area contributed by atoms with Gasteiger partial charge in [-0.3, -0.25) is 4.98 Å². The molecule has 0 saturated carbocycles. The Morgan fingerprint density at radius 2 is 1.95 bits per heavy atom. The third kappa shape index (κ3) is 2.13. The minimum Gasteiger partial charge on any atom is -0.397 e. The smallest absolute Gasteiger partial charge is 0.0992 e. The quantitative estimate of drug-likeness (QED) is 0.692. The average molecular weight is 260 g/mol. The van der Waals surface area contributed by atoms with Gasteiger partial charge in [-0.05, 0) is 42.5 Å². The largest absolute Gasteiger partial charge is 0.397 e. The van der Waals surface area contributed by atoms with Crippen molar-refractivity contribution in [2.75, 3.05) is 11.1 Å². The predicted octanol–water partition coefficient (Wildman–Crippen LogP) is 3.43. The molecule has 1 heterocycles. The number of nitrogen functional groups attached to an aromatic ring is 1. The summed E-state index contributed by atoms with van der Waals surface area (Å²) in [6, 6.07) is 17.0. The summed E-state index contributed by atoms with van der Waals surface area (Å²) in [5, 5.41) is 13.2. The third-order valence-corrected chi connectivity index (χ3v) is 3.10. The molecule has 0 bridgehead atoms. The van der Waals surface area contributed by atoms with E-state index >= 15 is 0 Å². The highest BCUT2D eigenvalue weighted by Gasteiger charge is 2.05. The van der Waals surface area contributed by atoms with Crippen molar-refractivity contribution >= 4 is 28.0 Å². The van der Waals surface area contributed by atoms with E-state index in [4.69, 9.17) is 11.0 Å². The standard InChI is InChI=1S/C16H12N4/c17-10-11-6-7-13(18)16(9-11)20-15-5-1-4-14-12(15)3-2-8-19-14/h1-9,20H,18H2. The maximum absolute atomic E-state index is 8.96. The van der Waals surface area contributed by atoms with Gasteiger partial charge in [0.1, 0.15) is 0 Å². The lowest BCUT2D eigenvalue weighted by molar-refractivity contribution is 1.41. The van der Waals surface area contributed by atoms with Crippen molar-refractivity contribution in [1.82, 2.24) is 4.98 Å². The number of rotatable bonds is 2. The number of pyridine rings is 1. The first-order valence-corrected chi connectivity index (χ1v) is 6.18. The lowest BCUT2D eigenvalue weighted by Gasteiger charge is -2.11. The number of fused-ring (bicyclic) bond motifs is 1. The molecule has 96 valence electrons. The predicted molar refractivity (Wildman–Crippen MR) is 80.6 cm³/mol. The fourth-order valence-corrected chi connectivity index (χ4v) is 2.09. The molecule has 0 aliphatic rings. The summed E-state index contributed by atoms with van der Waals surface area (Å²) in [5.41, 5.74) is 9.67. The highest BCUT2D eigenvalue weighted by Crippen LogP contribution is 2.28. The van der Waals surface area contributed by atoms with Gasteiger partial charge in [0.2, 0.25) is 0 Å². The number of hydrogen-bond acceptors (Lipinski definition) is 4. The normalized spacial score (nSPS) is 10.2. The van der Waals surface area contributed by atoms with E-state index < -0.39 is 0 Å². The maximum atomic E-state index is 8.96. The van der Waals surface area contributed by atoms with Gasteiger partial charge in [-0.15, -0.1) is 0 Å². The van der Waals surface area contributed by atoms with E-state index in [0.29, 0.717) is 11.3 Å². The molecule has 0 saturated heterocycles. The van der Waals surface area contributed by atoms with Crippen LogP contribution in [0.15, 0.2) is 54.7 Å². The second kappa shape index (κ2) is 4.90. The Morgan fingerprint density at radius 3 is 2.80 bits per heavy atom. The van der Waals surface area contributed by atoms with E-state index in [2.05, 4.69) is 16.4 Å². The summed E-state index contributed by atoms with van der Waals surface area (Å²) >= 11 is 0. The lowest BCUT2D eigenvalue weighted by Crippen LogP contribution is -1.97. The topological polar surface area (TPSA) is 74.7 Å². The Hall–Kier alpha value is -3.06. The van der Waals surface area contributed by atoms with Gasteiger partial charge in [-0.2, -0.15) is 5.26 Å². The summed E-state index contributed by atoms with van der Waals surface area (Å²) in [7, 11) is 0. The summed E-state index contributed by atoms with van der Waals surface area (Å²) in [6.07, 6.45) is 1.76. The average Bonchev–Trinajstić information content (AvgIpc) is 2.50. The van der Waals surface area contributed by atoms with Crippen molar-refractivity contribution in [3.8, 4) is 6.07 Å². The number of benzene rings is 2. The second-order valence-corrected chi connectivity index (χ2v) is 4.41. The zero-order valence-electron chi connectivity index (χ0n) is 10.7. The van der Waals surface area contributed by atoms with Gasteiger partial charge < -0.3 is 11.1 Å². The molecule has 4 nitrogen and oxygen atoms in total. The molecule has 3 N–H and O–H groups in total. The fraction of sp³-hybridized carbons (Fsp3) is 0. The monoisotopic (exact) mass is 260 g/mol. The zero-order chi connectivity index (χ0) is 13.9. The van der Waals surface area contributed by atoms with E-state index in [-0.39, 0.29) is 0 Å². The molecule has 0 atom stereocenters. The van der Waals surface area contributed by atoms with Crippen molar-refractivity contribution in [3.63, 3.8) is 0 Å². The van der Waals surface area contributed by atoms with E-state index in [1.165, 1.54) is 0 Å². The Morgan fingerprint density at radius 1 is 1.05 bits per heavy atom. The van der Waals surface area contributed by atoms with Gasteiger partial charge in [-0.1, -0.05) is 6.07 Å². The van der Waals surface area contributed by atoms with Crippen LogP contribution in [-0.4, -0.2) is 4.98 Å². The molecule has 1 aromatic heterocycles. The van der Waals surface area contributed by atoms with Crippen LogP contribution in [0.3, 0.4) is 0 Å². The molecular weight excluding hydrogens is 248 g/mol. The van der Waals surface area contributed by atoms with E-state index in [1.807, 2.05) is 30.3 Å². The number of anilines is 3. The van der Waals surface area contributed by atoms with Gasteiger partial charge in [-0.25, -0.2) is 0 Å². The maximum Gasteiger partial charge on any atom is 0.0992 e. The molecule has 0 radical (unpaired) electrons. The zero-order valence-corrected chi connectivity index (χ0v) is 10.7. The molecule has 4 heteroatoms. The molecule has 0 unspecified atom stereocenters. The lowest BCUT2D eigenvalue weighted by atomic mass is 10.1. The summed E-state index contributed by atoms with van der Waals surface area (Å²) in [6.45, 7) is 0. The molecule has 0 aliphatic heterocycles. The van der Waals surface area contributed by atoms with E-state index in [0.717, 1.165) is 22.3 Å². The van der Waals surface area contributed by atoms with Crippen LogP contribution in [0.1, 0.15) is 5.56 Å². The first-order valence-electron chi connectivity index (χ1n) is 6.18.